The smallest absolute Gasteiger partial charge is 0.164 e. The van der Waals surface area contributed by atoms with Crippen LogP contribution >= 0.6 is 0 Å². The molecule has 0 aliphatic heterocycles. The number of rotatable bonds is 5. The van der Waals surface area contributed by atoms with E-state index in [2.05, 4.69) is 120 Å². The van der Waals surface area contributed by atoms with Crippen LogP contribution in [0.5, 0.6) is 0 Å². The molecule has 6 aromatic rings. The maximum absolute atomic E-state index is 4.81. The van der Waals surface area contributed by atoms with Crippen molar-refractivity contribution in [3.8, 4) is 56.0 Å². The first-order valence-electron chi connectivity index (χ1n) is 13.5. The summed E-state index contributed by atoms with van der Waals surface area (Å²) < 4.78 is 0. The summed E-state index contributed by atoms with van der Waals surface area (Å²) in [6, 6.07) is 36.7. The molecule has 0 fully saturated rings. The summed E-state index contributed by atoms with van der Waals surface area (Å²) in [7, 11) is 0. The molecule has 0 amide bonds. The minimum Gasteiger partial charge on any atom is -0.255 e. The fourth-order valence-electron chi connectivity index (χ4n) is 5.34. The molecule has 0 aliphatic carbocycles. The van der Waals surface area contributed by atoms with E-state index in [0.717, 1.165) is 16.8 Å². The Labute approximate surface area is 235 Å². The second-order valence-electron chi connectivity index (χ2n) is 10.2. The van der Waals surface area contributed by atoms with Crippen molar-refractivity contribution in [3.05, 3.63) is 132 Å². The molecule has 2 heterocycles. The molecule has 4 aromatic carbocycles. The van der Waals surface area contributed by atoms with Crippen molar-refractivity contribution in [1.82, 2.24) is 19.9 Å². The van der Waals surface area contributed by atoms with Crippen molar-refractivity contribution in [1.29, 1.82) is 0 Å². The second kappa shape index (κ2) is 10.7. The number of aryl methyl sites for hydroxylation is 4. The third-order valence-corrected chi connectivity index (χ3v) is 7.03. The van der Waals surface area contributed by atoms with Gasteiger partial charge in [0, 0.05) is 17.3 Å². The highest BCUT2D eigenvalue weighted by Gasteiger charge is 2.15. The Hall–Kier alpha value is -4.96. The largest absolute Gasteiger partial charge is 0.255 e. The Bertz CT molecular complexity index is 1780. The van der Waals surface area contributed by atoms with E-state index >= 15 is 0 Å². The van der Waals surface area contributed by atoms with Crippen molar-refractivity contribution < 1.29 is 0 Å². The average molecular weight is 519 g/mol. The van der Waals surface area contributed by atoms with Crippen LogP contribution in [0, 0.1) is 27.7 Å². The van der Waals surface area contributed by atoms with Crippen molar-refractivity contribution in [2.75, 3.05) is 0 Å². The van der Waals surface area contributed by atoms with Crippen LogP contribution in [0.25, 0.3) is 56.0 Å². The van der Waals surface area contributed by atoms with Crippen molar-refractivity contribution in [2.24, 2.45) is 0 Å². The van der Waals surface area contributed by atoms with Crippen molar-refractivity contribution in [2.45, 2.75) is 27.7 Å². The molecule has 0 aliphatic rings. The van der Waals surface area contributed by atoms with Gasteiger partial charge in [-0.25, -0.2) is 15.0 Å². The lowest BCUT2D eigenvalue weighted by Crippen LogP contribution is -1.99. The minimum atomic E-state index is 0.646. The van der Waals surface area contributed by atoms with E-state index < -0.39 is 0 Å². The molecule has 0 N–H and O–H groups in total. The highest BCUT2D eigenvalue weighted by Crippen LogP contribution is 2.40. The summed E-state index contributed by atoms with van der Waals surface area (Å²) in [5, 5.41) is 0. The van der Waals surface area contributed by atoms with Gasteiger partial charge in [-0.2, -0.15) is 0 Å². The summed E-state index contributed by atoms with van der Waals surface area (Å²) >= 11 is 0. The summed E-state index contributed by atoms with van der Waals surface area (Å²) in [6.07, 6.45) is 1.84. The van der Waals surface area contributed by atoms with E-state index in [9.17, 15) is 0 Å². The summed E-state index contributed by atoms with van der Waals surface area (Å²) in [5.74, 6) is 2.05. The molecule has 0 atom stereocenters. The first-order chi connectivity index (χ1) is 19.4. The number of nitrogens with zero attached hydrogens (tertiary/aromatic N) is 4. The molecule has 6 rings (SSSR count). The van der Waals surface area contributed by atoms with Gasteiger partial charge in [0.15, 0.2) is 5.82 Å². The van der Waals surface area contributed by atoms with Gasteiger partial charge in [0.25, 0.3) is 0 Å². The fraction of sp³-hybridized carbons (Fsp3) is 0.111. The summed E-state index contributed by atoms with van der Waals surface area (Å²) in [4.78, 5) is 18.1. The topological polar surface area (TPSA) is 51.6 Å². The van der Waals surface area contributed by atoms with Gasteiger partial charge in [-0.15, -0.1) is 0 Å². The molecule has 194 valence electrons. The van der Waals surface area contributed by atoms with Crippen LogP contribution in [0.2, 0.25) is 0 Å². The number of hydrogen-bond acceptors (Lipinski definition) is 4. The van der Waals surface area contributed by atoms with Gasteiger partial charge in [0.05, 0.1) is 5.69 Å². The second-order valence-corrected chi connectivity index (χ2v) is 10.2. The lowest BCUT2D eigenvalue weighted by molar-refractivity contribution is 0.927. The molecule has 0 spiro atoms. The molecule has 4 nitrogen and oxygen atoms in total. The maximum atomic E-state index is 4.81. The van der Waals surface area contributed by atoms with Crippen LogP contribution in [0.15, 0.2) is 109 Å². The molecule has 0 saturated carbocycles. The number of aromatic nitrogens is 4. The zero-order chi connectivity index (χ0) is 27.6. The van der Waals surface area contributed by atoms with Gasteiger partial charge >= 0.3 is 0 Å². The average Bonchev–Trinajstić information content (AvgIpc) is 2.96. The van der Waals surface area contributed by atoms with E-state index in [1.54, 1.807) is 0 Å². The van der Waals surface area contributed by atoms with Crippen LogP contribution in [0.3, 0.4) is 0 Å². The minimum absolute atomic E-state index is 0.646. The molecule has 40 heavy (non-hydrogen) atoms. The SMILES string of the molecule is Cc1cc(C)cc(-c2ccccc2-c2ccc(-c3ccc(-c4nc(C)nc(C)n4)cn3)cc2-c2ccccc2)c1. The highest BCUT2D eigenvalue weighted by atomic mass is 15.0. The molecule has 2 aromatic heterocycles. The van der Waals surface area contributed by atoms with Crippen LogP contribution in [-0.2, 0) is 0 Å². The first kappa shape index (κ1) is 25.3. The van der Waals surface area contributed by atoms with Crippen LogP contribution in [-0.4, -0.2) is 19.9 Å². The molecule has 0 radical (unpaired) electrons. The molecule has 4 heteroatoms. The maximum Gasteiger partial charge on any atom is 0.164 e. The lowest BCUT2D eigenvalue weighted by Gasteiger charge is -2.17. The Balaban J connectivity index is 1.47. The molecule has 0 unspecified atom stereocenters. The fourth-order valence-corrected chi connectivity index (χ4v) is 5.34. The van der Waals surface area contributed by atoms with Crippen LogP contribution in [0.1, 0.15) is 22.8 Å². The van der Waals surface area contributed by atoms with E-state index in [0.29, 0.717) is 17.5 Å². The van der Waals surface area contributed by atoms with Gasteiger partial charge in [-0.3, -0.25) is 4.98 Å². The Kier molecular flexibility index (Phi) is 6.75. The zero-order valence-electron chi connectivity index (χ0n) is 23.2. The standard InChI is InChI=1S/C36H30N4/c1-23-18-24(2)20-30(19-23)31-12-8-9-13-32(31)33-16-14-28(21-34(33)27-10-6-5-7-11-27)35-17-15-29(22-37-35)36-39-25(3)38-26(4)40-36/h5-22H,1-4H3. The van der Waals surface area contributed by atoms with E-state index in [4.69, 9.17) is 4.98 Å². The third kappa shape index (κ3) is 5.16. The number of pyridine rings is 1. The summed E-state index contributed by atoms with van der Waals surface area (Å²) in [6.45, 7) is 8.07. The van der Waals surface area contributed by atoms with Gasteiger partial charge in [0.1, 0.15) is 11.6 Å². The van der Waals surface area contributed by atoms with E-state index in [-0.39, 0.29) is 0 Å². The van der Waals surface area contributed by atoms with Crippen LogP contribution in [0.4, 0.5) is 0 Å². The van der Waals surface area contributed by atoms with Gasteiger partial charge < -0.3 is 0 Å². The monoisotopic (exact) mass is 518 g/mol. The molecule has 0 bridgehead atoms. The highest BCUT2D eigenvalue weighted by molar-refractivity contribution is 5.93. The Morgan fingerprint density at radius 1 is 0.425 bits per heavy atom. The normalized spacial score (nSPS) is 11.0. The van der Waals surface area contributed by atoms with E-state index in [1.807, 2.05) is 32.2 Å². The summed E-state index contributed by atoms with van der Waals surface area (Å²) in [5.41, 5.74) is 12.6. The Morgan fingerprint density at radius 3 is 1.73 bits per heavy atom. The van der Waals surface area contributed by atoms with E-state index in [1.165, 1.54) is 44.5 Å². The molecular formula is C36H30N4. The van der Waals surface area contributed by atoms with Crippen molar-refractivity contribution >= 4 is 0 Å². The van der Waals surface area contributed by atoms with Gasteiger partial charge in [-0.1, -0.05) is 96.1 Å². The van der Waals surface area contributed by atoms with Crippen molar-refractivity contribution in [3.63, 3.8) is 0 Å². The molecule has 0 saturated heterocycles. The Morgan fingerprint density at radius 2 is 1.05 bits per heavy atom. The van der Waals surface area contributed by atoms with Crippen LogP contribution < -0.4 is 0 Å². The quantitative estimate of drug-likeness (QED) is 0.229. The third-order valence-electron chi connectivity index (χ3n) is 7.03. The zero-order valence-corrected chi connectivity index (χ0v) is 23.2. The predicted molar refractivity (Wildman–Crippen MR) is 164 cm³/mol. The lowest BCUT2D eigenvalue weighted by atomic mass is 9.87. The van der Waals surface area contributed by atoms with Gasteiger partial charge in [-0.05, 0) is 79.3 Å². The predicted octanol–water partition coefficient (Wildman–Crippen LogP) is 8.84. The number of hydrogen-bond donors (Lipinski definition) is 0. The van der Waals surface area contributed by atoms with Gasteiger partial charge in [0.2, 0.25) is 0 Å². The first-order valence-corrected chi connectivity index (χ1v) is 13.5. The molecular weight excluding hydrogens is 488 g/mol. The number of benzene rings is 4.